The van der Waals surface area contributed by atoms with Crippen LogP contribution in [0.2, 0.25) is 0 Å². The van der Waals surface area contributed by atoms with Crippen molar-refractivity contribution in [3.8, 4) is 0 Å². The number of benzene rings is 1. The van der Waals surface area contributed by atoms with Crippen LogP contribution in [-0.4, -0.2) is 47.6 Å². The molecule has 3 N–H and O–H groups in total. The Morgan fingerprint density at radius 2 is 1.92 bits per heavy atom. The second-order valence-electron chi connectivity index (χ2n) is 9.12. The summed E-state index contributed by atoms with van der Waals surface area (Å²) in [5.74, 6) is 0.288. The summed E-state index contributed by atoms with van der Waals surface area (Å²) in [5.41, 5.74) is 0.393. The number of nitrogens with zero attached hydrogens (tertiary/aromatic N) is 2. The highest BCUT2D eigenvalue weighted by Gasteiger charge is 2.38. The monoisotopic (exact) mass is 499 g/mol. The van der Waals surface area contributed by atoms with Gasteiger partial charge in [0, 0.05) is 50.8 Å². The first kappa shape index (κ1) is 27.3. The first-order valence-corrected chi connectivity index (χ1v) is 12.8. The molecule has 1 aromatic carbocycles. The molecule has 1 fully saturated rings. The molecule has 1 heterocycles. The van der Waals surface area contributed by atoms with Crippen molar-refractivity contribution in [1.29, 1.82) is 0 Å². The summed E-state index contributed by atoms with van der Waals surface area (Å²) in [6, 6.07) is 6.80. The third-order valence-electron chi connectivity index (χ3n) is 6.20. The summed E-state index contributed by atoms with van der Waals surface area (Å²) in [7, 11) is 0. The van der Waals surface area contributed by atoms with Crippen molar-refractivity contribution < 1.29 is 23.6 Å². The topological polar surface area (TPSA) is 135 Å². The molecule has 3 rings (SSSR count). The van der Waals surface area contributed by atoms with Crippen molar-refractivity contribution in [2.75, 3.05) is 25.1 Å². The lowest BCUT2D eigenvalue weighted by Crippen LogP contribution is -2.45. The number of ether oxygens (including phenoxy) is 1. The molecule has 0 spiro atoms. The maximum atomic E-state index is 12.5. The van der Waals surface area contributed by atoms with Gasteiger partial charge in [0.25, 0.3) is 5.91 Å². The van der Waals surface area contributed by atoms with Crippen LogP contribution in [0.4, 0.5) is 5.69 Å². The Kier molecular flexibility index (Phi) is 10.4. The van der Waals surface area contributed by atoms with Gasteiger partial charge >= 0.3 is 0 Å². The van der Waals surface area contributed by atoms with Gasteiger partial charge in [-0.3, -0.25) is 14.4 Å². The molecule has 10 nitrogen and oxygen atoms in total. The maximum absolute atomic E-state index is 12.5. The molecule has 10 heteroatoms. The number of anilines is 1. The number of aromatic nitrogens is 2. The van der Waals surface area contributed by atoms with E-state index in [1.54, 1.807) is 24.3 Å². The Morgan fingerprint density at radius 3 is 2.64 bits per heavy atom. The number of carbonyl (C=O) groups is 3. The molecule has 2 aromatic rings. The highest BCUT2D eigenvalue weighted by atomic mass is 16.5. The highest BCUT2D eigenvalue weighted by Crippen LogP contribution is 2.34. The largest absolute Gasteiger partial charge is 0.382 e. The molecule has 1 aromatic heterocycles. The normalized spacial score (nSPS) is 15.1. The fraction of sp³-hybridized carbons (Fsp3) is 0.577. The second-order valence-corrected chi connectivity index (χ2v) is 9.12. The Labute approximate surface area is 211 Å². The Morgan fingerprint density at radius 1 is 1.14 bits per heavy atom. The zero-order chi connectivity index (χ0) is 25.8. The summed E-state index contributed by atoms with van der Waals surface area (Å²) < 4.78 is 10.7. The Bertz CT molecular complexity index is 1010. The first-order chi connectivity index (χ1) is 17.4. The number of rotatable bonds is 12. The number of carbonyl (C=O) groups excluding carboxylic acids is 3. The molecular formula is C26H37N5O5. The van der Waals surface area contributed by atoms with E-state index in [1.165, 1.54) is 6.92 Å². The van der Waals surface area contributed by atoms with Gasteiger partial charge in [0.2, 0.25) is 17.7 Å². The van der Waals surface area contributed by atoms with E-state index in [9.17, 15) is 14.4 Å². The molecule has 0 aliphatic heterocycles. The summed E-state index contributed by atoms with van der Waals surface area (Å²) in [5, 5.41) is 12.9. The van der Waals surface area contributed by atoms with Gasteiger partial charge in [-0.1, -0.05) is 36.9 Å². The molecule has 0 radical (unpaired) electrons. The molecule has 1 aliphatic carbocycles. The lowest BCUT2D eigenvalue weighted by Gasteiger charge is -2.30. The number of hydrogen-bond donors (Lipinski definition) is 3. The van der Waals surface area contributed by atoms with E-state index in [-0.39, 0.29) is 30.6 Å². The van der Waals surface area contributed by atoms with Crippen molar-refractivity contribution >= 4 is 23.4 Å². The second kappa shape index (κ2) is 13.7. The predicted octanol–water partition coefficient (Wildman–Crippen LogP) is 3.48. The van der Waals surface area contributed by atoms with E-state index < -0.39 is 5.54 Å². The van der Waals surface area contributed by atoms with Gasteiger partial charge in [0.1, 0.15) is 5.54 Å². The van der Waals surface area contributed by atoms with E-state index in [1.807, 2.05) is 6.92 Å². The SMILES string of the molecule is CCOCCCNC(=O)c1cccc(NC(=O)CCc2nc(C3(NC(C)=O)CCCCCC3)no2)c1. The standard InChI is InChI=1S/C26H37N5O5/c1-3-35-17-9-16-27-24(34)20-10-8-11-21(18-20)28-22(33)12-13-23-29-25(31-36-23)26(30-19(2)32)14-6-4-5-7-15-26/h8,10-11,18H,3-7,9,12-17H2,1-2H3,(H,27,34)(H,28,33)(H,30,32). The number of hydrogen-bond acceptors (Lipinski definition) is 7. The lowest BCUT2D eigenvalue weighted by atomic mass is 9.89. The average molecular weight is 500 g/mol. The van der Waals surface area contributed by atoms with Crippen LogP contribution < -0.4 is 16.0 Å². The summed E-state index contributed by atoms with van der Waals surface area (Å²) >= 11 is 0. The fourth-order valence-corrected chi connectivity index (χ4v) is 4.43. The van der Waals surface area contributed by atoms with Gasteiger partial charge in [-0.2, -0.15) is 4.98 Å². The third kappa shape index (κ3) is 8.15. The van der Waals surface area contributed by atoms with E-state index >= 15 is 0 Å². The van der Waals surface area contributed by atoms with Gasteiger partial charge in [0.15, 0.2) is 5.82 Å². The Balaban J connectivity index is 1.53. The lowest BCUT2D eigenvalue weighted by molar-refractivity contribution is -0.121. The van der Waals surface area contributed by atoms with Crippen LogP contribution in [-0.2, 0) is 26.3 Å². The molecule has 0 atom stereocenters. The quantitative estimate of drug-likeness (QED) is 0.300. The summed E-state index contributed by atoms with van der Waals surface area (Å²) in [6.07, 6.45) is 6.88. The minimum absolute atomic E-state index is 0.121. The van der Waals surface area contributed by atoms with E-state index in [2.05, 4.69) is 26.1 Å². The average Bonchev–Trinajstić information content (AvgIpc) is 3.22. The van der Waals surface area contributed by atoms with Gasteiger partial charge in [-0.05, 0) is 44.4 Å². The van der Waals surface area contributed by atoms with Gasteiger partial charge in [-0.15, -0.1) is 0 Å². The number of nitrogens with one attached hydrogen (secondary N) is 3. The van der Waals surface area contributed by atoms with E-state index in [0.29, 0.717) is 42.7 Å². The first-order valence-electron chi connectivity index (χ1n) is 12.8. The Hall–Kier alpha value is -3.27. The third-order valence-corrected chi connectivity index (χ3v) is 6.20. The van der Waals surface area contributed by atoms with E-state index in [4.69, 9.17) is 9.26 Å². The molecule has 196 valence electrons. The summed E-state index contributed by atoms with van der Waals surface area (Å²) in [6.45, 7) is 5.20. The fourth-order valence-electron chi connectivity index (χ4n) is 4.43. The number of amides is 3. The smallest absolute Gasteiger partial charge is 0.251 e. The molecule has 0 saturated heterocycles. The van der Waals surface area contributed by atoms with Crippen LogP contribution in [0.15, 0.2) is 28.8 Å². The van der Waals surface area contributed by atoms with Crippen molar-refractivity contribution in [3.05, 3.63) is 41.5 Å². The van der Waals surface area contributed by atoms with Crippen LogP contribution in [0.1, 0.15) is 87.3 Å². The van der Waals surface area contributed by atoms with Crippen LogP contribution in [0.3, 0.4) is 0 Å². The van der Waals surface area contributed by atoms with Crippen molar-refractivity contribution in [1.82, 2.24) is 20.8 Å². The van der Waals surface area contributed by atoms with Crippen molar-refractivity contribution in [3.63, 3.8) is 0 Å². The summed E-state index contributed by atoms with van der Waals surface area (Å²) in [4.78, 5) is 41.3. The maximum Gasteiger partial charge on any atom is 0.251 e. The molecule has 36 heavy (non-hydrogen) atoms. The minimum Gasteiger partial charge on any atom is -0.382 e. The zero-order valence-electron chi connectivity index (χ0n) is 21.2. The number of aryl methyl sites for hydroxylation is 1. The molecular weight excluding hydrogens is 462 g/mol. The van der Waals surface area contributed by atoms with Crippen LogP contribution in [0.5, 0.6) is 0 Å². The van der Waals surface area contributed by atoms with Crippen molar-refractivity contribution in [2.24, 2.45) is 0 Å². The highest BCUT2D eigenvalue weighted by molar-refractivity contribution is 5.97. The zero-order valence-corrected chi connectivity index (χ0v) is 21.2. The van der Waals surface area contributed by atoms with Gasteiger partial charge in [0.05, 0.1) is 0 Å². The molecule has 0 unspecified atom stereocenters. The van der Waals surface area contributed by atoms with Gasteiger partial charge in [-0.25, -0.2) is 0 Å². The molecule has 0 bridgehead atoms. The van der Waals surface area contributed by atoms with Gasteiger partial charge < -0.3 is 25.2 Å². The van der Waals surface area contributed by atoms with Crippen LogP contribution in [0, 0.1) is 0 Å². The predicted molar refractivity (Wildman–Crippen MR) is 134 cm³/mol. The van der Waals surface area contributed by atoms with Crippen LogP contribution >= 0.6 is 0 Å². The molecule has 1 saturated carbocycles. The minimum atomic E-state index is -0.615. The molecule has 3 amide bonds. The molecule has 1 aliphatic rings. The van der Waals surface area contributed by atoms with E-state index in [0.717, 1.165) is 44.9 Å². The van der Waals surface area contributed by atoms with Crippen molar-refractivity contribution in [2.45, 2.75) is 77.2 Å². The van der Waals surface area contributed by atoms with Crippen LogP contribution in [0.25, 0.3) is 0 Å².